The number of hydrogen-bond acceptors (Lipinski definition) is 3. The second-order valence-electron chi connectivity index (χ2n) is 5.28. The Morgan fingerprint density at radius 1 is 1.39 bits per heavy atom. The van der Waals surface area contributed by atoms with Gasteiger partial charge in [-0.3, -0.25) is 0 Å². The molecule has 1 N–H and O–H groups in total. The van der Waals surface area contributed by atoms with Crippen LogP contribution in [0.5, 0.6) is 0 Å². The van der Waals surface area contributed by atoms with Gasteiger partial charge in [0.15, 0.2) is 11.6 Å². The van der Waals surface area contributed by atoms with E-state index in [0.717, 1.165) is 12.6 Å². The first-order valence-electron chi connectivity index (χ1n) is 6.52. The summed E-state index contributed by atoms with van der Waals surface area (Å²) < 4.78 is 13.6. The lowest BCUT2D eigenvalue weighted by Gasteiger charge is -2.35. The number of rotatable bonds is 3. The first-order chi connectivity index (χ1) is 8.58. The normalized spacial score (nSPS) is 24.3. The van der Waals surface area contributed by atoms with Crippen LogP contribution in [0.15, 0.2) is 6.20 Å². The second kappa shape index (κ2) is 5.83. The molecular weight excluding hydrogens is 253 g/mol. The highest BCUT2D eigenvalue weighted by Crippen LogP contribution is 2.32. The van der Waals surface area contributed by atoms with Gasteiger partial charge in [0.25, 0.3) is 0 Å². The van der Waals surface area contributed by atoms with Gasteiger partial charge < -0.3 is 5.32 Å². The average Bonchev–Trinajstić information content (AvgIpc) is 2.34. The summed E-state index contributed by atoms with van der Waals surface area (Å²) in [5, 5.41) is 3.29. The fourth-order valence-corrected chi connectivity index (χ4v) is 2.89. The molecule has 0 bridgehead atoms. The molecule has 0 saturated heterocycles. The van der Waals surface area contributed by atoms with Crippen molar-refractivity contribution < 1.29 is 4.39 Å². The van der Waals surface area contributed by atoms with E-state index in [4.69, 9.17) is 11.6 Å². The van der Waals surface area contributed by atoms with Crippen LogP contribution in [0.3, 0.4) is 0 Å². The van der Waals surface area contributed by atoms with Crippen molar-refractivity contribution in [1.82, 2.24) is 9.97 Å². The highest BCUT2D eigenvalue weighted by molar-refractivity contribution is 6.28. The molecule has 100 valence electrons. The molecule has 0 spiro atoms. The topological polar surface area (TPSA) is 37.8 Å². The zero-order valence-corrected chi connectivity index (χ0v) is 11.5. The van der Waals surface area contributed by atoms with Crippen LogP contribution in [-0.2, 0) is 0 Å². The molecular formula is C13H19ClFN3. The predicted octanol–water partition coefficient (Wildman–Crippen LogP) is 3.90. The van der Waals surface area contributed by atoms with E-state index in [-0.39, 0.29) is 17.1 Å². The molecule has 0 amide bonds. The number of hydrogen-bond donors (Lipinski definition) is 1. The largest absolute Gasteiger partial charge is 0.364 e. The van der Waals surface area contributed by atoms with E-state index >= 15 is 0 Å². The molecule has 1 fully saturated rings. The summed E-state index contributed by atoms with van der Waals surface area (Å²) in [4.78, 5) is 7.55. The van der Waals surface area contributed by atoms with E-state index in [1.165, 1.54) is 19.3 Å². The van der Waals surface area contributed by atoms with Crippen LogP contribution < -0.4 is 5.32 Å². The molecule has 0 aromatic carbocycles. The minimum atomic E-state index is -0.438. The van der Waals surface area contributed by atoms with Gasteiger partial charge in [-0.05, 0) is 36.3 Å². The SMILES string of the molecule is CC(C)C1CCCCC1Nc1nc(Cl)ncc1F. The van der Waals surface area contributed by atoms with Gasteiger partial charge in [-0.1, -0.05) is 26.7 Å². The minimum absolute atomic E-state index is 0.0795. The average molecular weight is 272 g/mol. The van der Waals surface area contributed by atoms with Crippen molar-refractivity contribution in [3.8, 4) is 0 Å². The van der Waals surface area contributed by atoms with E-state index in [2.05, 4.69) is 29.1 Å². The first kappa shape index (κ1) is 13.5. The van der Waals surface area contributed by atoms with Crippen LogP contribution in [-0.4, -0.2) is 16.0 Å². The summed E-state index contributed by atoms with van der Waals surface area (Å²) >= 11 is 5.70. The van der Waals surface area contributed by atoms with Gasteiger partial charge >= 0.3 is 0 Å². The van der Waals surface area contributed by atoms with E-state index < -0.39 is 5.82 Å². The Kier molecular flexibility index (Phi) is 4.38. The maximum atomic E-state index is 13.6. The maximum Gasteiger partial charge on any atom is 0.224 e. The van der Waals surface area contributed by atoms with Gasteiger partial charge in [-0.15, -0.1) is 0 Å². The van der Waals surface area contributed by atoms with Crippen LogP contribution >= 0.6 is 11.6 Å². The highest BCUT2D eigenvalue weighted by atomic mass is 35.5. The summed E-state index contributed by atoms with van der Waals surface area (Å²) in [5.41, 5.74) is 0. The van der Waals surface area contributed by atoms with Gasteiger partial charge in [0.2, 0.25) is 5.28 Å². The van der Waals surface area contributed by atoms with Crippen molar-refractivity contribution >= 4 is 17.4 Å². The standard InChI is InChI=1S/C13H19ClFN3/c1-8(2)9-5-3-4-6-11(9)17-12-10(15)7-16-13(14)18-12/h7-9,11H,3-6H2,1-2H3,(H,16,17,18). The smallest absolute Gasteiger partial charge is 0.224 e. The van der Waals surface area contributed by atoms with Crippen molar-refractivity contribution in [2.45, 2.75) is 45.6 Å². The molecule has 0 radical (unpaired) electrons. The van der Waals surface area contributed by atoms with Gasteiger partial charge in [0.1, 0.15) is 0 Å². The molecule has 0 aliphatic heterocycles. The molecule has 2 rings (SSSR count). The summed E-state index contributed by atoms with van der Waals surface area (Å²) in [6, 6.07) is 0.277. The van der Waals surface area contributed by atoms with Crippen molar-refractivity contribution in [3.63, 3.8) is 0 Å². The zero-order chi connectivity index (χ0) is 13.1. The Morgan fingerprint density at radius 2 is 2.11 bits per heavy atom. The van der Waals surface area contributed by atoms with Crippen LogP contribution in [0.1, 0.15) is 39.5 Å². The third-order valence-corrected chi connectivity index (χ3v) is 3.89. The van der Waals surface area contributed by atoms with E-state index in [1.807, 2.05) is 0 Å². The van der Waals surface area contributed by atoms with Gasteiger partial charge in [0.05, 0.1) is 6.20 Å². The van der Waals surface area contributed by atoms with Crippen molar-refractivity contribution in [3.05, 3.63) is 17.3 Å². The molecule has 1 aliphatic rings. The number of aromatic nitrogens is 2. The molecule has 1 aliphatic carbocycles. The highest BCUT2D eigenvalue weighted by Gasteiger charge is 2.28. The molecule has 2 unspecified atom stereocenters. The monoisotopic (exact) mass is 271 g/mol. The molecule has 1 aromatic heterocycles. The summed E-state index contributed by atoms with van der Waals surface area (Å²) in [6.45, 7) is 4.43. The van der Waals surface area contributed by atoms with Gasteiger partial charge in [-0.2, -0.15) is 4.98 Å². The molecule has 18 heavy (non-hydrogen) atoms. The Bertz CT molecular complexity index is 411. The Hall–Kier alpha value is -0.900. The quantitative estimate of drug-likeness (QED) is 0.848. The van der Waals surface area contributed by atoms with Crippen LogP contribution in [0.25, 0.3) is 0 Å². The lowest BCUT2D eigenvalue weighted by molar-refractivity contribution is 0.253. The fraction of sp³-hybridized carbons (Fsp3) is 0.692. The zero-order valence-electron chi connectivity index (χ0n) is 10.8. The van der Waals surface area contributed by atoms with Crippen LogP contribution in [0.4, 0.5) is 10.2 Å². The number of halogens is 2. The number of anilines is 1. The van der Waals surface area contributed by atoms with E-state index in [1.54, 1.807) is 0 Å². The Labute approximate surface area is 112 Å². The molecule has 1 aromatic rings. The van der Waals surface area contributed by atoms with Crippen molar-refractivity contribution in [1.29, 1.82) is 0 Å². The van der Waals surface area contributed by atoms with Crippen molar-refractivity contribution in [2.24, 2.45) is 11.8 Å². The van der Waals surface area contributed by atoms with E-state index in [0.29, 0.717) is 11.8 Å². The second-order valence-corrected chi connectivity index (χ2v) is 5.62. The fourth-order valence-electron chi connectivity index (χ4n) is 2.76. The molecule has 2 atom stereocenters. The first-order valence-corrected chi connectivity index (χ1v) is 6.90. The molecule has 5 heteroatoms. The third kappa shape index (κ3) is 3.10. The summed E-state index contributed by atoms with van der Waals surface area (Å²) in [7, 11) is 0. The van der Waals surface area contributed by atoms with Gasteiger partial charge in [0, 0.05) is 6.04 Å². The Morgan fingerprint density at radius 3 is 2.83 bits per heavy atom. The van der Waals surface area contributed by atoms with Crippen LogP contribution in [0, 0.1) is 17.7 Å². The lowest BCUT2D eigenvalue weighted by Crippen LogP contribution is -2.35. The molecule has 1 saturated carbocycles. The maximum absolute atomic E-state index is 13.6. The molecule has 1 heterocycles. The Balaban J connectivity index is 2.13. The minimum Gasteiger partial charge on any atom is -0.364 e. The predicted molar refractivity (Wildman–Crippen MR) is 71.2 cm³/mol. The molecule has 3 nitrogen and oxygen atoms in total. The summed E-state index contributed by atoms with van der Waals surface area (Å²) in [6.07, 6.45) is 5.81. The number of nitrogens with one attached hydrogen (secondary N) is 1. The number of nitrogens with zero attached hydrogens (tertiary/aromatic N) is 2. The summed E-state index contributed by atoms with van der Waals surface area (Å²) in [5.74, 6) is 0.940. The van der Waals surface area contributed by atoms with Gasteiger partial charge in [-0.25, -0.2) is 9.37 Å². The van der Waals surface area contributed by atoms with Crippen LogP contribution in [0.2, 0.25) is 5.28 Å². The van der Waals surface area contributed by atoms with E-state index in [9.17, 15) is 4.39 Å². The van der Waals surface area contributed by atoms with Crippen molar-refractivity contribution in [2.75, 3.05) is 5.32 Å². The third-order valence-electron chi connectivity index (χ3n) is 3.71. The lowest BCUT2D eigenvalue weighted by atomic mass is 9.78.